The Kier molecular flexibility index (Phi) is 4.96. The normalized spacial score (nSPS) is 12.2. The van der Waals surface area contributed by atoms with Crippen LogP contribution in [-0.4, -0.2) is 11.7 Å². The van der Waals surface area contributed by atoms with Gasteiger partial charge in [0.2, 0.25) is 0 Å². The van der Waals surface area contributed by atoms with Crippen LogP contribution in [0.5, 0.6) is 0 Å². The standard InChI is InChI=1S/C14H11BrClF2NO/c15-9-5-12(18)13(6-11(9)17)19-7-14(20)8-3-1-2-4-10(8)16/h1-6,14,19-20H,7H2. The van der Waals surface area contributed by atoms with Gasteiger partial charge in [0.05, 0.1) is 16.3 Å². The van der Waals surface area contributed by atoms with E-state index in [1.54, 1.807) is 24.3 Å². The van der Waals surface area contributed by atoms with Gasteiger partial charge in [-0.05, 0) is 28.1 Å². The fraction of sp³-hybridized carbons (Fsp3) is 0.143. The zero-order chi connectivity index (χ0) is 14.7. The third-order valence-corrected chi connectivity index (χ3v) is 3.71. The molecule has 2 aromatic carbocycles. The van der Waals surface area contributed by atoms with Crippen molar-refractivity contribution in [3.05, 3.63) is 63.1 Å². The van der Waals surface area contributed by atoms with E-state index in [9.17, 15) is 13.9 Å². The number of nitrogens with one attached hydrogen (secondary N) is 1. The van der Waals surface area contributed by atoms with Crippen molar-refractivity contribution in [2.24, 2.45) is 0 Å². The predicted molar refractivity (Wildman–Crippen MR) is 79.0 cm³/mol. The van der Waals surface area contributed by atoms with E-state index < -0.39 is 17.7 Å². The third kappa shape index (κ3) is 3.48. The second kappa shape index (κ2) is 6.52. The first kappa shape index (κ1) is 15.2. The van der Waals surface area contributed by atoms with Gasteiger partial charge in [0.1, 0.15) is 11.6 Å². The summed E-state index contributed by atoms with van der Waals surface area (Å²) in [5.41, 5.74) is 0.511. The molecule has 0 radical (unpaired) electrons. The maximum absolute atomic E-state index is 13.6. The number of hydrogen-bond donors (Lipinski definition) is 2. The molecule has 0 aliphatic rings. The molecule has 0 spiro atoms. The van der Waals surface area contributed by atoms with Gasteiger partial charge in [-0.25, -0.2) is 8.78 Å². The Labute approximate surface area is 128 Å². The molecule has 106 valence electrons. The van der Waals surface area contributed by atoms with E-state index in [2.05, 4.69) is 21.2 Å². The van der Waals surface area contributed by atoms with E-state index in [1.807, 2.05) is 0 Å². The third-order valence-electron chi connectivity index (χ3n) is 2.76. The lowest BCUT2D eigenvalue weighted by molar-refractivity contribution is 0.191. The second-order valence-corrected chi connectivity index (χ2v) is 5.43. The highest BCUT2D eigenvalue weighted by Crippen LogP contribution is 2.26. The van der Waals surface area contributed by atoms with Gasteiger partial charge in [-0.2, -0.15) is 0 Å². The second-order valence-electron chi connectivity index (χ2n) is 4.16. The molecule has 1 atom stereocenters. The lowest BCUT2D eigenvalue weighted by atomic mass is 10.1. The molecule has 20 heavy (non-hydrogen) atoms. The van der Waals surface area contributed by atoms with Crippen LogP contribution in [0.2, 0.25) is 5.02 Å². The minimum atomic E-state index is -0.921. The van der Waals surface area contributed by atoms with Crippen LogP contribution in [0, 0.1) is 11.6 Å². The molecule has 0 saturated carbocycles. The van der Waals surface area contributed by atoms with Crippen molar-refractivity contribution in [3.63, 3.8) is 0 Å². The zero-order valence-corrected chi connectivity index (χ0v) is 12.5. The van der Waals surface area contributed by atoms with E-state index in [-0.39, 0.29) is 16.7 Å². The first-order valence-electron chi connectivity index (χ1n) is 5.80. The Bertz CT molecular complexity index is 624. The summed E-state index contributed by atoms with van der Waals surface area (Å²) in [4.78, 5) is 0. The summed E-state index contributed by atoms with van der Waals surface area (Å²) in [6.45, 7) is 0.0156. The molecule has 2 aromatic rings. The minimum absolute atomic E-state index is 0.0156. The molecule has 2 nitrogen and oxygen atoms in total. The molecule has 0 bridgehead atoms. The largest absolute Gasteiger partial charge is 0.387 e. The highest BCUT2D eigenvalue weighted by Gasteiger charge is 2.13. The first-order chi connectivity index (χ1) is 9.49. The van der Waals surface area contributed by atoms with E-state index >= 15 is 0 Å². The number of aliphatic hydroxyl groups is 1. The summed E-state index contributed by atoms with van der Waals surface area (Å²) in [6.07, 6.45) is -0.921. The highest BCUT2D eigenvalue weighted by atomic mass is 79.9. The summed E-state index contributed by atoms with van der Waals surface area (Å²) in [6, 6.07) is 8.87. The predicted octanol–water partition coefficient (Wildman–Crippen LogP) is 4.53. The van der Waals surface area contributed by atoms with Crippen LogP contribution >= 0.6 is 27.5 Å². The van der Waals surface area contributed by atoms with Gasteiger partial charge in [0, 0.05) is 23.2 Å². The molecule has 0 aromatic heterocycles. The van der Waals surface area contributed by atoms with Gasteiger partial charge in [0.25, 0.3) is 0 Å². The van der Waals surface area contributed by atoms with Crippen molar-refractivity contribution in [3.8, 4) is 0 Å². The van der Waals surface area contributed by atoms with E-state index in [1.165, 1.54) is 0 Å². The summed E-state index contributed by atoms with van der Waals surface area (Å²) < 4.78 is 27.0. The maximum Gasteiger partial charge on any atom is 0.147 e. The fourth-order valence-electron chi connectivity index (χ4n) is 1.72. The molecule has 0 fully saturated rings. The molecule has 0 aliphatic heterocycles. The highest BCUT2D eigenvalue weighted by molar-refractivity contribution is 9.10. The van der Waals surface area contributed by atoms with Gasteiger partial charge >= 0.3 is 0 Å². The van der Waals surface area contributed by atoms with Crippen LogP contribution < -0.4 is 5.32 Å². The van der Waals surface area contributed by atoms with Crippen LogP contribution in [0.3, 0.4) is 0 Å². The summed E-state index contributed by atoms with van der Waals surface area (Å²) in [7, 11) is 0. The Morgan fingerprint density at radius 3 is 2.60 bits per heavy atom. The number of hydrogen-bond acceptors (Lipinski definition) is 2. The van der Waals surface area contributed by atoms with Crippen molar-refractivity contribution in [2.45, 2.75) is 6.10 Å². The van der Waals surface area contributed by atoms with Crippen LogP contribution in [-0.2, 0) is 0 Å². The quantitative estimate of drug-likeness (QED) is 0.784. The van der Waals surface area contributed by atoms with Gasteiger partial charge < -0.3 is 10.4 Å². The van der Waals surface area contributed by atoms with Gasteiger partial charge in [-0.15, -0.1) is 0 Å². The lowest BCUT2D eigenvalue weighted by Crippen LogP contribution is -2.13. The van der Waals surface area contributed by atoms with Crippen molar-refractivity contribution in [2.75, 3.05) is 11.9 Å². The fourth-order valence-corrected chi connectivity index (χ4v) is 2.30. The number of rotatable bonds is 4. The first-order valence-corrected chi connectivity index (χ1v) is 6.97. The van der Waals surface area contributed by atoms with Gasteiger partial charge in [-0.3, -0.25) is 0 Å². The van der Waals surface area contributed by atoms with Crippen molar-refractivity contribution in [1.82, 2.24) is 0 Å². The van der Waals surface area contributed by atoms with Crippen LogP contribution in [0.15, 0.2) is 40.9 Å². The Hall–Kier alpha value is -1.17. The van der Waals surface area contributed by atoms with Crippen LogP contribution in [0.1, 0.15) is 11.7 Å². The number of benzene rings is 2. The Morgan fingerprint density at radius 1 is 1.20 bits per heavy atom. The van der Waals surface area contributed by atoms with Crippen LogP contribution in [0.25, 0.3) is 0 Å². The van der Waals surface area contributed by atoms with E-state index in [4.69, 9.17) is 11.6 Å². The molecular weight excluding hydrogens is 352 g/mol. The Balaban J connectivity index is 2.09. The SMILES string of the molecule is OC(CNc1cc(F)c(Br)cc1F)c1ccccc1Cl. The zero-order valence-electron chi connectivity index (χ0n) is 10.2. The van der Waals surface area contributed by atoms with Crippen molar-refractivity contribution >= 4 is 33.2 Å². The molecule has 0 aliphatic carbocycles. The van der Waals surface area contributed by atoms with Crippen LogP contribution in [0.4, 0.5) is 14.5 Å². The monoisotopic (exact) mass is 361 g/mol. The topological polar surface area (TPSA) is 32.3 Å². The van der Waals surface area contributed by atoms with E-state index in [0.29, 0.717) is 10.6 Å². The smallest absolute Gasteiger partial charge is 0.147 e. The average Bonchev–Trinajstić information content (AvgIpc) is 2.41. The maximum atomic E-state index is 13.6. The summed E-state index contributed by atoms with van der Waals surface area (Å²) >= 11 is 8.85. The molecule has 2 rings (SSSR count). The molecule has 6 heteroatoms. The number of anilines is 1. The van der Waals surface area contributed by atoms with Gasteiger partial charge in [-0.1, -0.05) is 29.8 Å². The molecule has 1 unspecified atom stereocenters. The summed E-state index contributed by atoms with van der Waals surface area (Å²) in [5.74, 6) is -1.19. The molecule has 2 N–H and O–H groups in total. The van der Waals surface area contributed by atoms with E-state index in [0.717, 1.165) is 12.1 Å². The van der Waals surface area contributed by atoms with Gasteiger partial charge in [0.15, 0.2) is 0 Å². The molecule has 0 heterocycles. The number of aliphatic hydroxyl groups excluding tert-OH is 1. The number of halogens is 4. The summed E-state index contributed by atoms with van der Waals surface area (Å²) in [5, 5.41) is 13.1. The van der Waals surface area contributed by atoms with Crippen molar-refractivity contribution < 1.29 is 13.9 Å². The lowest BCUT2D eigenvalue weighted by Gasteiger charge is -2.15. The molecule has 0 saturated heterocycles. The molecular formula is C14H11BrClF2NO. The van der Waals surface area contributed by atoms with Crippen molar-refractivity contribution in [1.29, 1.82) is 0 Å². The average molecular weight is 363 g/mol. The minimum Gasteiger partial charge on any atom is -0.387 e. The molecule has 0 amide bonds. The Morgan fingerprint density at radius 2 is 1.90 bits per heavy atom.